The van der Waals surface area contributed by atoms with Crippen molar-refractivity contribution < 1.29 is 28.5 Å². The van der Waals surface area contributed by atoms with Gasteiger partial charge in [-0.1, -0.05) is 13.3 Å². The Kier molecular flexibility index (Phi) is 6.37. The first-order valence-corrected chi connectivity index (χ1v) is 9.21. The quantitative estimate of drug-likeness (QED) is 0.550. The van der Waals surface area contributed by atoms with E-state index < -0.39 is 18.0 Å². The Morgan fingerprint density at radius 1 is 1.11 bits per heavy atom. The summed E-state index contributed by atoms with van der Waals surface area (Å²) in [6.07, 6.45) is 1.06. The van der Waals surface area contributed by atoms with Gasteiger partial charge in [0.15, 0.2) is 17.6 Å². The van der Waals surface area contributed by atoms with Crippen LogP contribution < -0.4 is 19.5 Å². The number of ether oxygens (including phenoxy) is 4. The molecule has 1 N–H and O–H groups in total. The zero-order valence-electron chi connectivity index (χ0n) is 15.9. The average Bonchev–Trinajstić information content (AvgIpc) is 3.16. The molecule has 1 atom stereocenters. The second-order valence-electron chi connectivity index (χ2n) is 6.33. The van der Waals surface area contributed by atoms with E-state index in [2.05, 4.69) is 12.2 Å². The standard InChI is InChI=1S/C21H23NO6/c1-3-4-11-25-17-8-5-15(6-9-17)21(24)28-14(2)20(23)22-16-7-10-18-19(12-16)27-13-26-18/h5-10,12,14H,3-4,11,13H2,1-2H3,(H,22,23)/t14-/m1/s1. The SMILES string of the molecule is CCCCOc1ccc(C(=O)O[C@H](C)C(=O)Nc2ccc3c(c2)OCO3)cc1. The van der Waals surface area contributed by atoms with Crippen LogP contribution in [0.15, 0.2) is 42.5 Å². The minimum absolute atomic E-state index is 0.156. The fourth-order valence-corrected chi connectivity index (χ4v) is 2.52. The summed E-state index contributed by atoms with van der Waals surface area (Å²) in [4.78, 5) is 24.6. The van der Waals surface area contributed by atoms with Gasteiger partial charge in [0.2, 0.25) is 6.79 Å². The number of rotatable bonds is 8. The van der Waals surface area contributed by atoms with Crippen molar-refractivity contribution in [3.05, 3.63) is 48.0 Å². The van der Waals surface area contributed by atoms with Crippen LogP contribution in [0.3, 0.4) is 0 Å². The van der Waals surface area contributed by atoms with Crippen LogP contribution in [0.25, 0.3) is 0 Å². The lowest BCUT2D eigenvalue weighted by atomic mass is 10.2. The Morgan fingerprint density at radius 2 is 1.86 bits per heavy atom. The van der Waals surface area contributed by atoms with Gasteiger partial charge in [-0.25, -0.2) is 4.79 Å². The molecule has 7 nitrogen and oxygen atoms in total. The first-order chi connectivity index (χ1) is 13.6. The van der Waals surface area contributed by atoms with Crippen molar-refractivity contribution in [2.24, 2.45) is 0 Å². The van der Waals surface area contributed by atoms with Crippen LogP contribution in [-0.4, -0.2) is 31.4 Å². The minimum Gasteiger partial charge on any atom is -0.494 e. The van der Waals surface area contributed by atoms with Crippen LogP contribution in [0.2, 0.25) is 0 Å². The van der Waals surface area contributed by atoms with E-state index in [0.717, 1.165) is 12.8 Å². The summed E-state index contributed by atoms with van der Waals surface area (Å²) in [5, 5.41) is 2.69. The smallest absolute Gasteiger partial charge is 0.338 e. The summed E-state index contributed by atoms with van der Waals surface area (Å²) in [6.45, 7) is 4.40. The molecule has 0 aliphatic carbocycles. The van der Waals surface area contributed by atoms with E-state index in [-0.39, 0.29) is 6.79 Å². The highest BCUT2D eigenvalue weighted by Gasteiger charge is 2.20. The molecule has 2 aromatic carbocycles. The maximum atomic E-state index is 12.3. The molecule has 0 spiro atoms. The molecule has 0 unspecified atom stereocenters. The zero-order valence-corrected chi connectivity index (χ0v) is 15.9. The highest BCUT2D eigenvalue weighted by molar-refractivity contribution is 5.97. The largest absolute Gasteiger partial charge is 0.494 e. The first-order valence-electron chi connectivity index (χ1n) is 9.21. The normalized spacial score (nSPS) is 12.9. The van der Waals surface area contributed by atoms with Crippen molar-refractivity contribution in [1.82, 2.24) is 0 Å². The lowest BCUT2D eigenvalue weighted by Crippen LogP contribution is -2.30. The number of benzene rings is 2. The Bertz CT molecular complexity index is 833. The predicted molar refractivity (Wildman–Crippen MR) is 103 cm³/mol. The molecule has 0 saturated heterocycles. The molecule has 28 heavy (non-hydrogen) atoms. The predicted octanol–water partition coefficient (Wildman–Crippen LogP) is 3.78. The summed E-state index contributed by atoms with van der Waals surface area (Å²) in [5.74, 6) is 0.863. The van der Waals surface area contributed by atoms with Gasteiger partial charge in [-0.15, -0.1) is 0 Å². The Morgan fingerprint density at radius 3 is 2.61 bits per heavy atom. The zero-order chi connectivity index (χ0) is 19.9. The third-order valence-corrected chi connectivity index (χ3v) is 4.15. The minimum atomic E-state index is -0.960. The first kappa shape index (κ1) is 19.5. The van der Waals surface area contributed by atoms with Crippen LogP contribution in [0, 0.1) is 0 Å². The fourth-order valence-electron chi connectivity index (χ4n) is 2.52. The van der Waals surface area contributed by atoms with Crippen molar-refractivity contribution in [2.75, 3.05) is 18.7 Å². The van der Waals surface area contributed by atoms with Crippen LogP contribution in [-0.2, 0) is 9.53 Å². The molecule has 0 bridgehead atoms. The molecule has 1 aliphatic heterocycles. The number of esters is 1. The van der Waals surface area contributed by atoms with Gasteiger partial charge in [0.05, 0.1) is 12.2 Å². The van der Waals surface area contributed by atoms with Crippen molar-refractivity contribution in [1.29, 1.82) is 0 Å². The van der Waals surface area contributed by atoms with E-state index in [1.54, 1.807) is 42.5 Å². The molecule has 0 radical (unpaired) electrons. The summed E-state index contributed by atoms with van der Waals surface area (Å²) in [7, 11) is 0. The summed E-state index contributed by atoms with van der Waals surface area (Å²) >= 11 is 0. The number of hydrogen-bond acceptors (Lipinski definition) is 6. The summed E-state index contributed by atoms with van der Waals surface area (Å²) in [6, 6.07) is 11.7. The molecule has 0 saturated carbocycles. The highest BCUT2D eigenvalue weighted by Crippen LogP contribution is 2.34. The van der Waals surface area contributed by atoms with E-state index in [0.29, 0.717) is 35.1 Å². The lowest BCUT2D eigenvalue weighted by Gasteiger charge is -2.14. The molecule has 148 valence electrons. The van der Waals surface area contributed by atoms with Gasteiger partial charge < -0.3 is 24.3 Å². The van der Waals surface area contributed by atoms with Gasteiger partial charge in [-0.05, 0) is 49.7 Å². The molecule has 0 fully saturated rings. The molecule has 2 aromatic rings. The highest BCUT2D eigenvalue weighted by atomic mass is 16.7. The number of unbranched alkanes of at least 4 members (excludes halogenated alkanes) is 1. The second-order valence-corrected chi connectivity index (χ2v) is 6.33. The van der Waals surface area contributed by atoms with Crippen molar-refractivity contribution in [2.45, 2.75) is 32.8 Å². The van der Waals surface area contributed by atoms with E-state index in [4.69, 9.17) is 18.9 Å². The Labute approximate surface area is 163 Å². The van der Waals surface area contributed by atoms with Gasteiger partial charge >= 0.3 is 5.97 Å². The van der Waals surface area contributed by atoms with Gasteiger partial charge in [-0.3, -0.25) is 4.79 Å². The van der Waals surface area contributed by atoms with Crippen molar-refractivity contribution >= 4 is 17.6 Å². The Hall–Kier alpha value is -3.22. The lowest BCUT2D eigenvalue weighted by molar-refractivity contribution is -0.123. The summed E-state index contributed by atoms with van der Waals surface area (Å²) < 4.78 is 21.3. The third kappa shape index (κ3) is 4.94. The fraction of sp³-hybridized carbons (Fsp3) is 0.333. The third-order valence-electron chi connectivity index (χ3n) is 4.15. The number of carbonyl (C=O) groups is 2. The van der Waals surface area contributed by atoms with Gasteiger partial charge in [0, 0.05) is 11.8 Å². The second kappa shape index (κ2) is 9.12. The molecule has 1 heterocycles. The van der Waals surface area contributed by atoms with E-state index in [1.807, 2.05) is 0 Å². The number of nitrogens with one attached hydrogen (secondary N) is 1. The van der Waals surface area contributed by atoms with E-state index in [1.165, 1.54) is 6.92 Å². The molecule has 1 aliphatic rings. The monoisotopic (exact) mass is 385 g/mol. The molecular formula is C21H23NO6. The number of hydrogen-bond donors (Lipinski definition) is 1. The topological polar surface area (TPSA) is 83.1 Å². The van der Waals surface area contributed by atoms with Gasteiger partial charge in [0.25, 0.3) is 5.91 Å². The number of anilines is 1. The molecule has 3 rings (SSSR count). The maximum Gasteiger partial charge on any atom is 0.338 e. The molecule has 0 aromatic heterocycles. The van der Waals surface area contributed by atoms with Gasteiger partial charge in [-0.2, -0.15) is 0 Å². The van der Waals surface area contributed by atoms with E-state index in [9.17, 15) is 9.59 Å². The average molecular weight is 385 g/mol. The van der Waals surface area contributed by atoms with Crippen molar-refractivity contribution in [3.63, 3.8) is 0 Å². The van der Waals surface area contributed by atoms with Crippen LogP contribution in [0.1, 0.15) is 37.0 Å². The van der Waals surface area contributed by atoms with Crippen LogP contribution >= 0.6 is 0 Å². The summed E-state index contributed by atoms with van der Waals surface area (Å²) in [5.41, 5.74) is 0.885. The van der Waals surface area contributed by atoms with Crippen LogP contribution in [0.4, 0.5) is 5.69 Å². The molecular weight excluding hydrogens is 362 g/mol. The molecule has 1 amide bonds. The number of fused-ring (bicyclic) bond motifs is 1. The number of amides is 1. The molecule has 7 heteroatoms. The van der Waals surface area contributed by atoms with Gasteiger partial charge in [0.1, 0.15) is 5.75 Å². The van der Waals surface area contributed by atoms with E-state index >= 15 is 0 Å². The number of carbonyl (C=O) groups excluding carboxylic acids is 2. The van der Waals surface area contributed by atoms with Crippen molar-refractivity contribution in [3.8, 4) is 17.2 Å². The van der Waals surface area contributed by atoms with Crippen LogP contribution in [0.5, 0.6) is 17.2 Å². The maximum absolute atomic E-state index is 12.3. The Balaban J connectivity index is 1.52.